The van der Waals surface area contributed by atoms with Crippen LogP contribution in [0.25, 0.3) is 0 Å². The first-order valence-corrected chi connectivity index (χ1v) is 5.01. The first-order chi connectivity index (χ1) is 7.70. The Morgan fingerprint density at radius 2 is 2.12 bits per heavy atom. The summed E-state index contributed by atoms with van der Waals surface area (Å²) in [5, 5.41) is 0. The van der Waals surface area contributed by atoms with E-state index in [1.165, 1.54) is 0 Å². The number of nitrogens with zero attached hydrogens (tertiary/aromatic N) is 1. The van der Waals surface area contributed by atoms with E-state index < -0.39 is 12.3 Å². The van der Waals surface area contributed by atoms with Crippen LogP contribution in [0, 0.1) is 0 Å². The number of hydrogen-bond acceptors (Lipinski definition) is 2. The van der Waals surface area contributed by atoms with Crippen LogP contribution >= 0.6 is 0 Å². The zero-order valence-electron chi connectivity index (χ0n) is 8.53. The molecule has 0 unspecified atom stereocenters. The second-order valence-corrected chi connectivity index (χ2v) is 3.46. The highest BCUT2D eigenvalue weighted by Gasteiger charge is 2.27. The average Bonchev–Trinajstić information content (AvgIpc) is 2.50. The van der Waals surface area contributed by atoms with Gasteiger partial charge in [-0.05, 0) is 18.6 Å². The van der Waals surface area contributed by atoms with E-state index in [1.807, 2.05) is 0 Å². The summed E-state index contributed by atoms with van der Waals surface area (Å²) >= 11 is 0. The number of alkyl halides is 2. The molecular formula is C11H11F2NO2. The number of para-hydroxylation sites is 2. The maximum absolute atomic E-state index is 12.4. The van der Waals surface area contributed by atoms with Gasteiger partial charge in [0.05, 0.1) is 12.3 Å². The maximum atomic E-state index is 12.4. The smallest absolute Gasteiger partial charge is 0.316 e. The number of anilines is 1. The average molecular weight is 227 g/mol. The number of fused-ring (bicyclic) bond motifs is 1. The Bertz CT molecular complexity index is 395. The lowest BCUT2D eigenvalue weighted by molar-refractivity contribution is -0.128. The molecule has 86 valence electrons. The van der Waals surface area contributed by atoms with Crippen molar-refractivity contribution in [3.63, 3.8) is 0 Å². The lowest BCUT2D eigenvalue weighted by Crippen LogP contribution is -2.36. The maximum Gasteiger partial charge on any atom is 0.316 e. The van der Waals surface area contributed by atoms with Crippen molar-refractivity contribution >= 4 is 11.6 Å². The molecule has 0 fully saturated rings. The quantitative estimate of drug-likeness (QED) is 0.735. The second-order valence-electron chi connectivity index (χ2n) is 3.46. The zero-order valence-corrected chi connectivity index (χ0v) is 8.53. The molecule has 5 heteroatoms. The van der Waals surface area contributed by atoms with Gasteiger partial charge in [-0.15, -0.1) is 0 Å². The number of ether oxygens (including phenoxy) is 1. The van der Waals surface area contributed by atoms with E-state index >= 15 is 0 Å². The van der Waals surface area contributed by atoms with Crippen LogP contribution in [0.15, 0.2) is 24.3 Å². The van der Waals surface area contributed by atoms with Crippen LogP contribution in [0.4, 0.5) is 14.5 Å². The van der Waals surface area contributed by atoms with E-state index in [0.29, 0.717) is 24.5 Å². The van der Waals surface area contributed by atoms with Gasteiger partial charge in [0.2, 0.25) is 0 Å². The molecule has 1 heterocycles. The number of rotatable bonds is 1. The molecule has 1 aromatic rings. The third kappa shape index (κ3) is 1.98. The Morgan fingerprint density at radius 1 is 1.38 bits per heavy atom. The minimum Gasteiger partial charge on any atom is -0.491 e. The van der Waals surface area contributed by atoms with Gasteiger partial charge in [0.25, 0.3) is 5.91 Å². The highest BCUT2D eigenvalue weighted by Crippen LogP contribution is 2.31. The lowest BCUT2D eigenvalue weighted by Gasteiger charge is -2.20. The fourth-order valence-electron chi connectivity index (χ4n) is 1.67. The highest BCUT2D eigenvalue weighted by molar-refractivity contribution is 5.97. The van der Waals surface area contributed by atoms with Crippen LogP contribution in [0.2, 0.25) is 0 Å². The summed E-state index contributed by atoms with van der Waals surface area (Å²) in [6, 6.07) is 6.72. The summed E-state index contributed by atoms with van der Waals surface area (Å²) in [6.07, 6.45) is -2.43. The third-order valence-corrected chi connectivity index (χ3v) is 2.39. The number of halogens is 2. The Hall–Kier alpha value is -1.65. The number of carbonyl (C=O) groups excluding carboxylic acids is 1. The highest BCUT2D eigenvalue weighted by atomic mass is 19.3. The molecule has 0 atom stereocenters. The topological polar surface area (TPSA) is 29.5 Å². The van der Waals surface area contributed by atoms with Crippen LogP contribution in [0.5, 0.6) is 5.75 Å². The van der Waals surface area contributed by atoms with Crippen LogP contribution in [0.3, 0.4) is 0 Å². The third-order valence-electron chi connectivity index (χ3n) is 2.39. The van der Waals surface area contributed by atoms with Crippen molar-refractivity contribution in [2.24, 2.45) is 0 Å². The number of amides is 1. The molecule has 0 bridgehead atoms. The van der Waals surface area contributed by atoms with Gasteiger partial charge in [-0.25, -0.2) is 0 Å². The Labute approximate surface area is 91.6 Å². The van der Waals surface area contributed by atoms with Gasteiger partial charge in [-0.1, -0.05) is 12.1 Å². The van der Waals surface area contributed by atoms with Crippen LogP contribution in [0.1, 0.15) is 6.42 Å². The molecule has 0 spiro atoms. The lowest BCUT2D eigenvalue weighted by atomic mass is 10.2. The van der Waals surface area contributed by atoms with Crippen molar-refractivity contribution in [1.29, 1.82) is 0 Å². The second kappa shape index (κ2) is 4.47. The van der Waals surface area contributed by atoms with Crippen molar-refractivity contribution < 1.29 is 18.3 Å². The Balaban J connectivity index is 2.36. The molecule has 0 aliphatic carbocycles. The molecule has 0 saturated carbocycles. The molecule has 1 aliphatic rings. The zero-order chi connectivity index (χ0) is 11.5. The fraction of sp³-hybridized carbons (Fsp3) is 0.364. The van der Waals surface area contributed by atoms with Crippen molar-refractivity contribution in [1.82, 2.24) is 0 Å². The fourth-order valence-corrected chi connectivity index (χ4v) is 1.67. The molecule has 0 aromatic heterocycles. The SMILES string of the molecule is O=C(C(F)F)N1CCCOc2ccccc21. The standard InChI is InChI=1S/C11H11F2NO2/c12-10(13)11(15)14-6-3-7-16-9-5-2-1-4-8(9)14/h1-2,4-5,10H,3,6-7H2. The van der Waals surface area contributed by atoms with E-state index in [1.54, 1.807) is 24.3 Å². The number of hydrogen-bond donors (Lipinski definition) is 0. The van der Waals surface area contributed by atoms with E-state index in [4.69, 9.17) is 4.74 Å². The molecule has 0 N–H and O–H groups in total. The van der Waals surface area contributed by atoms with Crippen LogP contribution < -0.4 is 9.64 Å². The van der Waals surface area contributed by atoms with Crippen molar-refractivity contribution in [2.75, 3.05) is 18.1 Å². The molecule has 1 aliphatic heterocycles. The molecular weight excluding hydrogens is 216 g/mol. The van der Waals surface area contributed by atoms with Crippen LogP contribution in [-0.4, -0.2) is 25.5 Å². The Morgan fingerprint density at radius 3 is 2.88 bits per heavy atom. The van der Waals surface area contributed by atoms with Gasteiger partial charge >= 0.3 is 6.43 Å². The van der Waals surface area contributed by atoms with E-state index in [-0.39, 0.29) is 6.54 Å². The monoisotopic (exact) mass is 227 g/mol. The van der Waals surface area contributed by atoms with Gasteiger partial charge in [0, 0.05) is 6.54 Å². The van der Waals surface area contributed by atoms with Crippen molar-refractivity contribution in [3.05, 3.63) is 24.3 Å². The minimum atomic E-state index is -2.98. The normalized spacial score (nSPS) is 15.3. The summed E-state index contributed by atoms with van der Waals surface area (Å²) in [5.74, 6) is -0.688. The largest absolute Gasteiger partial charge is 0.491 e. The van der Waals surface area contributed by atoms with E-state index in [0.717, 1.165) is 4.90 Å². The van der Waals surface area contributed by atoms with Gasteiger partial charge < -0.3 is 9.64 Å². The minimum absolute atomic E-state index is 0.264. The summed E-state index contributed by atoms with van der Waals surface area (Å²) in [7, 11) is 0. The Kier molecular flexibility index (Phi) is 3.03. The van der Waals surface area contributed by atoms with Crippen molar-refractivity contribution in [3.8, 4) is 5.75 Å². The van der Waals surface area contributed by atoms with Crippen molar-refractivity contribution in [2.45, 2.75) is 12.8 Å². The predicted octanol–water partition coefficient (Wildman–Crippen LogP) is 2.07. The van der Waals surface area contributed by atoms with E-state index in [2.05, 4.69) is 0 Å². The predicted molar refractivity (Wildman–Crippen MR) is 54.9 cm³/mol. The summed E-state index contributed by atoms with van der Waals surface area (Å²) in [4.78, 5) is 12.4. The molecule has 3 nitrogen and oxygen atoms in total. The molecule has 0 saturated heterocycles. The van der Waals surface area contributed by atoms with Gasteiger partial charge in [-0.3, -0.25) is 4.79 Å². The molecule has 1 amide bonds. The van der Waals surface area contributed by atoms with Gasteiger partial charge in [0.15, 0.2) is 0 Å². The van der Waals surface area contributed by atoms with Gasteiger partial charge in [0.1, 0.15) is 5.75 Å². The summed E-state index contributed by atoms with van der Waals surface area (Å²) < 4.78 is 30.2. The number of carbonyl (C=O) groups is 1. The van der Waals surface area contributed by atoms with Gasteiger partial charge in [-0.2, -0.15) is 8.78 Å². The van der Waals surface area contributed by atoms with E-state index in [9.17, 15) is 13.6 Å². The molecule has 16 heavy (non-hydrogen) atoms. The first-order valence-electron chi connectivity index (χ1n) is 5.01. The summed E-state index contributed by atoms with van der Waals surface area (Å²) in [5.41, 5.74) is 0.422. The summed E-state index contributed by atoms with van der Waals surface area (Å²) in [6.45, 7) is 0.699. The van der Waals surface area contributed by atoms with Crippen LogP contribution in [-0.2, 0) is 4.79 Å². The molecule has 0 radical (unpaired) electrons. The molecule has 2 rings (SSSR count). The number of benzene rings is 1. The first kappa shape index (κ1) is 10.9. The molecule has 1 aromatic carbocycles.